The second kappa shape index (κ2) is 12.4. The summed E-state index contributed by atoms with van der Waals surface area (Å²) in [4.78, 5) is 0. The van der Waals surface area contributed by atoms with Crippen molar-refractivity contribution in [3.63, 3.8) is 0 Å². The Hall–Kier alpha value is -1.47. The van der Waals surface area contributed by atoms with E-state index in [2.05, 4.69) is 44.2 Å². The molecule has 2 aromatic carbocycles. The van der Waals surface area contributed by atoms with Gasteiger partial charge in [0.15, 0.2) is 0 Å². The molecule has 1 nitrogen and oxygen atoms in total. The van der Waals surface area contributed by atoms with Crippen LogP contribution in [0.4, 0.5) is 0 Å². The van der Waals surface area contributed by atoms with E-state index in [-0.39, 0.29) is 6.10 Å². The largest absolute Gasteiger partial charge is 0.489 e. The highest BCUT2D eigenvalue weighted by Gasteiger charge is 2.13. The second-order valence-electron chi connectivity index (χ2n) is 9.16. The molecule has 0 unspecified atom stereocenters. The van der Waals surface area contributed by atoms with E-state index in [1.54, 1.807) is 0 Å². The van der Waals surface area contributed by atoms with Crippen molar-refractivity contribution in [2.45, 2.75) is 97.0 Å². The summed E-state index contributed by atoms with van der Waals surface area (Å²) in [5.41, 5.74) is 3.83. The first-order valence-corrected chi connectivity index (χ1v) is 12.6. The number of hydrogen-bond acceptors (Lipinski definition) is 1. The SMILES string of the molecule is CCCCCC[C@@H](C)Oc1ccc(-c2ccc(CCC3CCCCC3)cc2)cc1Cl. The lowest BCUT2D eigenvalue weighted by Crippen LogP contribution is -2.11. The smallest absolute Gasteiger partial charge is 0.138 e. The third kappa shape index (κ3) is 7.34. The standard InChI is InChI=1S/C28H39ClO/c1-3-4-5-7-10-22(2)30-28-20-19-26(21-27(28)29)25-17-15-24(16-18-25)14-13-23-11-8-6-9-12-23/h15-23H,3-14H2,1-2H3/t22-/m1/s1. The van der Waals surface area contributed by atoms with E-state index in [1.165, 1.54) is 81.8 Å². The predicted octanol–water partition coefficient (Wildman–Crippen LogP) is 9.26. The van der Waals surface area contributed by atoms with Crippen LogP contribution in [0.3, 0.4) is 0 Å². The van der Waals surface area contributed by atoms with Crippen LogP contribution >= 0.6 is 11.6 Å². The summed E-state index contributed by atoms with van der Waals surface area (Å²) in [7, 11) is 0. The molecule has 0 spiro atoms. The zero-order valence-corrected chi connectivity index (χ0v) is 19.7. The van der Waals surface area contributed by atoms with Gasteiger partial charge in [0.2, 0.25) is 0 Å². The fraction of sp³-hybridized carbons (Fsp3) is 0.571. The van der Waals surface area contributed by atoms with Crippen molar-refractivity contribution in [2.24, 2.45) is 5.92 Å². The van der Waals surface area contributed by atoms with E-state index < -0.39 is 0 Å². The number of hydrogen-bond donors (Lipinski definition) is 0. The minimum absolute atomic E-state index is 0.202. The van der Waals surface area contributed by atoms with Gasteiger partial charge in [-0.2, -0.15) is 0 Å². The molecule has 0 heterocycles. The van der Waals surface area contributed by atoms with Crippen LogP contribution in [-0.4, -0.2) is 6.10 Å². The Kier molecular flexibility index (Phi) is 9.59. The average molecular weight is 427 g/mol. The molecular formula is C28H39ClO. The van der Waals surface area contributed by atoms with Crippen molar-refractivity contribution in [2.75, 3.05) is 0 Å². The lowest BCUT2D eigenvalue weighted by molar-refractivity contribution is 0.206. The van der Waals surface area contributed by atoms with Gasteiger partial charge in [-0.15, -0.1) is 0 Å². The van der Waals surface area contributed by atoms with E-state index in [0.29, 0.717) is 5.02 Å². The molecule has 2 heteroatoms. The molecule has 1 atom stereocenters. The second-order valence-corrected chi connectivity index (χ2v) is 9.57. The third-order valence-electron chi connectivity index (χ3n) is 6.58. The maximum Gasteiger partial charge on any atom is 0.138 e. The minimum Gasteiger partial charge on any atom is -0.489 e. The van der Waals surface area contributed by atoms with Gasteiger partial charge in [-0.25, -0.2) is 0 Å². The van der Waals surface area contributed by atoms with Crippen molar-refractivity contribution in [3.8, 4) is 16.9 Å². The highest BCUT2D eigenvalue weighted by Crippen LogP contribution is 2.32. The molecule has 0 saturated heterocycles. The maximum atomic E-state index is 6.55. The topological polar surface area (TPSA) is 9.23 Å². The molecule has 2 aromatic rings. The molecule has 1 aliphatic carbocycles. The Labute approximate surface area is 189 Å². The molecule has 1 saturated carbocycles. The van der Waals surface area contributed by atoms with Gasteiger partial charge in [0.25, 0.3) is 0 Å². The molecule has 0 aliphatic heterocycles. The van der Waals surface area contributed by atoms with Gasteiger partial charge in [0.05, 0.1) is 11.1 Å². The number of unbranched alkanes of at least 4 members (excludes halogenated alkanes) is 3. The van der Waals surface area contributed by atoms with Gasteiger partial charge < -0.3 is 4.74 Å². The van der Waals surface area contributed by atoms with Crippen LogP contribution in [0, 0.1) is 5.92 Å². The first kappa shape index (κ1) is 23.2. The summed E-state index contributed by atoms with van der Waals surface area (Å²) >= 11 is 6.55. The van der Waals surface area contributed by atoms with Crippen molar-refractivity contribution in [1.29, 1.82) is 0 Å². The van der Waals surface area contributed by atoms with Gasteiger partial charge in [0.1, 0.15) is 5.75 Å². The van der Waals surface area contributed by atoms with Crippen LogP contribution in [0.15, 0.2) is 42.5 Å². The summed E-state index contributed by atoms with van der Waals surface area (Å²) in [5.74, 6) is 1.74. The first-order valence-electron chi connectivity index (χ1n) is 12.2. The zero-order valence-electron chi connectivity index (χ0n) is 19.0. The van der Waals surface area contributed by atoms with Crippen molar-refractivity contribution in [3.05, 3.63) is 53.1 Å². The fourth-order valence-corrected chi connectivity index (χ4v) is 4.85. The summed E-state index contributed by atoms with van der Waals surface area (Å²) in [6.45, 7) is 4.38. The van der Waals surface area contributed by atoms with E-state index in [9.17, 15) is 0 Å². The van der Waals surface area contributed by atoms with Crippen LogP contribution in [0.5, 0.6) is 5.75 Å². The molecule has 0 amide bonds. The lowest BCUT2D eigenvalue weighted by atomic mass is 9.85. The average Bonchev–Trinajstić information content (AvgIpc) is 2.78. The predicted molar refractivity (Wildman–Crippen MR) is 131 cm³/mol. The molecule has 1 aliphatic rings. The Morgan fingerprint density at radius 2 is 1.67 bits per heavy atom. The molecule has 3 rings (SSSR count). The molecule has 0 N–H and O–H groups in total. The summed E-state index contributed by atoms with van der Waals surface area (Å²) in [5, 5.41) is 0.703. The molecule has 0 aromatic heterocycles. The highest BCUT2D eigenvalue weighted by molar-refractivity contribution is 6.32. The van der Waals surface area contributed by atoms with Crippen LogP contribution in [-0.2, 0) is 6.42 Å². The Morgan fingerprint density at radius 3 is 2.37 bits per heavy atom. The van der Waals surface area contributed by atoms with Gasteiger partial charge in [0, 0.05) is 0 Å². The minimum atomic E-state index is 0.202. The van der Waals surface area contributed by atoms with Gasteiger partial charge >= 0.3 is 0 Å². The van der Waals surface area contributed by atoms with E-state index in [1.807, 2.05) is 12.1 Å². The number of rotatable bonds is 11. The Bertz CT molecular complexity index is 746. The van der Waals surface area contributed by atoms with E-state index in [0.717, 1.165) is 23.7 Å². The molecule has 164 valence electrons. The van der Waals surface area contributed by atoms with Crippen LogP contribution < -0.4 is 4.74 Å². The molecule has 0 bridgehead atoms. The molecule has 0 radical (unpaired) electrons. The number of halogens is 1. The van der Waals surface area contributed by atoms with E-state index in [4.69, 9.17) is 16.3 Å². The molecule has 30 heavy (non-hydrogen) atoms. The summed E-state index contributed by atoms with van der Waals surface area (Å²) in [6.07, 6.45) is 16.1. The number of ether oxygens (including phenoxy) is 1. The van der Waals surface area contributed by atoms with Gasteiger partial charge in [-0.3, -0.25) is 0 Å². The Balaban J connectivity index is 1.52. The lowest BCUT2D eigenvalue weighted by Gasteiger charge is -2.21. The van der Waals surface area contributed by atoms with Crippen molar-refractivity contribution >= 4 is 11.6 Å². The number of aryl methyl sites for hydroxylation is 1. The summed E-state index contributed by atoms with van der Waals surface area (Å²) in [6, 6.07) is 15.2. The van der Waals surface area contributed by atoms with Crippen LogP contribution in [0.25, 0.3) is 11.1 Å². The zero-order chi connectivity index (χ0) is 21.2. The monoisotopic (exact) mass is 426 g/mol. The maximum absolute atomic E-state index is 6.55. The fourth-order valence-electron chi connectivity index (χ4n) is 4.62. The van der Waals surface area contributed by atoms with E-state index >= 15 is 0 Å². The van der Waals surface area contributed by atoms with Crippen molar-refractivity contribution in [1.82, 2.24) is 0 Å². The quantitative estimate of drug-likeness (QED) is 0.325. The highest BCUT2D eigenvalue weighted by atomic mass is 35.5. The normalized spacial score (nSPS) is 15.8. The van der Waals surface area contributed by atoms with Crippen LogP contribution in [0.2, 0.25) is 5.02 Å². The molecular weight excluding hydrogens is 388 g/mol. The van der Waals surface area contributed by atoms with Gasteiger partial charge in [-0.1, -0.05) is 100 Å². The molecule has 1 fully saturated rings. The number of benzene rings is 2. The Morgan fingerprint density at radius 1 is 0.933 bits per heavy atom. The first-order chi connectivity index (χ1) is 14.7. The van der Waals surface area contributed by atoms with Gasteiger partial charge in [-0.05, 0) is 67.3 Å². The van der Waals surface area contributed by atoms with Crippen LogP contribution in [0.1, 0.15) is 90.0 Å². The third-order valence-corrected chi connectivity index (χ3v) is 6.87. The summed E-state index contributed by atoms with van der Waals surface area (Å²) < 4.78 is 6.09. The van der Waals surface area contributed by atoms with Crippen molar-refractivity contribution < 1.29 is 4.74 Å².